The molecule has 0 bridgehead atoms. The molecule has 1 aromatic carbocycles. The van der Waals surface area contributed by atoms with Crippen molar-refractivity contribution in [1.82, 2.24) is 0 Å². The minimum atomic E-state index is -0.661. The first-order valence-electron chi connectivity index (χ1n) is 9.41. The highest BCUT2D eigenvalue weighted by Crippen LogP contribution is 2.35. The fourth-order valence-corrected chi connectivity index (χ4v) is 2.70. The number of hydrogen-bond donors (Lipinski definition) is 0. The predicted molar refractivity (Wildman–Crippen MR) is 100.0 cm³/mol. The molecular weight excluding hydrogens is 348 g/mol. The smallest absolute Gasteiger partial charge is 0.339 e. The lowest BCUT2D eigenvalue weighted by Crippen LogP contribution is -2.11. The highest BCUT2D eigenvalue weighted by atomic mass is 16.6. The van der Waals surface area contributed by atoms with E-state index < -0.39 is 24.0 Å². The fraction of sp³-hybridized carbons (Fsp3) is 0.476. The average Bonchev–Trinajstić information content (AvgIpc) is 2.96. The Hall–Kier alpha value is -2.63. The Morgan fingerprint density at radius 3 is 2.52 bits per heavy atom. The van der Waals surface area contributed by atoms with Crippen LogP contribution in [0.5, 0.6) is 0 Å². The minimum Gasteiger partial charge on any atom is -0.466 e. The van der Waals surface area contributed by atoms with Gasteiger partial charge in [0.05, 0.1) is 25.2 Å². The number of carbonyl (C=O) groups is 3. The van der Waals surface area contributed by atoms with E-state index in [9.17, 15) is 14.4 Å². The molecule has 0 radical (unpaired) electrons. The van der Waals surface area contributed by atoms with E-state index in [1.54, 1.807) is 18.2 Å². The summed E-state index contributed by atoms with van der Waals surface area (Å²) in [5.74, 6) is -1.35. The van der Waals surface area contributed by atoms with Crippen LogP contribution in [0.3, 0.4) is 0 Å². The van der Waals surface area contributed by atoms with Crippen LogP contribution < -0.4 is 0 Å². The van der Waals surface area contributed by atoms with Gasteiger partial charge in [-0.2, -0.15) is 0 Å². The van der Waals surface area contributed by atoms with Gasteiger partial charge in [0, 0.05) is 11.6 Å². The molecule has 0 fully saturated rings. The Labute approximate surface area is 159 Å². The van der Waals surface area contributed by atoms with E-state index in [4.69, 9.17) is 14.2 Å². The van der Waals surface area contributed by atoms with Crippen molar-refractivity contribution in [2.75, 3.05) is 13.2 Å². The summed E-state index contributed by atoms with van der Waals surface area (Å²) in [6, 6.07) is 5.23. The highest BCUT2D eigenvalue weighted by Gasteiger charge is 2.34. The van der Waals surface area contributed by atoms with Gasteiger partial charge >= 0.3 is 17.9 Å². The molecule has 0 aliphatic carbocycles. The molecule has 1 aliphatic rings. The van der Waals surface area contributed by atoms with Gasteiger partial charge in [0.2, 0.25) is 0 Å². The number of ether oxygens (including phenoxy) is 3. The third kappa shape index (κ3) is 5.94. The lowest BCUT2D eigenvalue weighted by molar-refractivity contribution is -0.146. The summed E-state index contributed by atoms with van der Waals surface area (Å²) < 4.78 is 15.6. The van der Waals surface area contributed by atoms with E-state index in [0.717, 1.165) is 25.7 Å². The largest absolute Gasteiger partial charge is 0.466 e. The summed E-state index contributed by atoms with van der Waals surface area (Å²) in [7, 11) is 0. The first-order chi connectivity index (χ1) is 13.1. The molecule has 1 atom stereocenters. The number of fused-ring (bicyclic) bond motifs is 1. The molecular formula is C21H26O6. The van der Waals surface area contributed by atoms with Crippen LogP contribution in [0.4, 0.5) is 0 Å². The summed E-state index contributed by atoms with van der Waals surface area (Å²) in [4.78, 5) is 35.9. The Kier molecular flexibility index (Phi) is 8.04. The molecule has 0 spiro atoms. The number of unbranched alkanes of at least 4 members (excludes halogenated alkanes) is 2. The van der Waals surface area contributed by atoms with E-state index >= 15 is 0 Å². The summed E-state index contributed by atoms with van der Waals surface area (Å²) in [6.07, 6.45) is 5.64. The van der Waals surface area contributed by atoms with Crippen LogP contribution in [-0.2, 0) is 23.8 Å². The van der Waals surface area contributed by atoms with Gasteiger partial charge in [-0.15, -0.1) is 0 Å². The number of carbonyl (C=O) groups excluding carboxylic acids is 3. The van der Waals surface area contributed by atoms with Crippen molar-refractivity contribution in [2.45, 2.75) is 52.1 Å². The first kappa shape index (κ1) is 20.7. The second kappa shape index (κ2) is 10.5. The number of rotatable bonds is 10. The van der Waals surface area contributed by atoms with E-state index in [0.29, 0.717) is 29.9 Å². The maximum Gasteiger partial charge on any atom is 0.339 e. The molecule has 27 heavy (non-hydrogen) atoms. The topological polar surface area (TPSA) is 78.9 Å². The van der Waals surface area contributed by atoms with Gasteiger partial charge in [0.25, 0.3) is 0 Å². The minimum absolute atomic E-state index is 0.0192. The third-order valence-electron chi connectivity index (χ3n) is 4.18. The zero-order valence-corrected chi connectivity index (χ0v) is 15.9. The summed E-state index contributed by atoms with van der Waals surface area (Å²) in [5, 5.41) is 0. The van der Waals surface area contributed by atoms with Crippen molar-refractivity contribution in [3.8, 4) is 0 Å². The van der Waals surface area contributed by atoms with E-state index in [-0.39, 0.29) is 6.42 Å². The van der Waals surface area contributed by atoms with Crippen molar-refractivity contribution < 1.29 is 28.6 Å². The Balaban J connectivity index is 2.05. The second-order valence-corrected chi connectivity index (χ2v) is 6.34. The van der Waals surface area contributed by atoms with Gasteiger partial charge < -0.3 is 14.2 Å². The van der Waals surface area contributed by atoms with Crippen LogP contribution in [0.2, 0.25) is 0 Å². The van der Waals surface area contributed by atoms with Gasteiger partial charge in [-0.1, -0.05) is 44.9 Å². The SMILES string of the molecule is CCCCOC(=O)/C=C/c1cccc2c1C(=O)OC2CC(=O)OCCCC. The van der Waals surface area contributed by atoms with Crippen molar-refractivity contribution in [2.24, 2.45) is 0 Å². The van der Waals surface area contributed by atoms with Crippen LogP contribution >= 0.6 is 0 Å². The molecule has 1 heterocycles. The van der Waals surface area contributed by atoms with Gasteiger partial charge in [-0.3, -0.25) is 4.79 Å². The Bertz CT molecular complexity index is 707. The second-order valence-electron chi connectivity index (χ2n) is 6.34. The first-order valence-corrected chi connectivity index (χ1v) is 9.41. The lowest BCUT2D eigenvalue weighted by atomic mass is 9.98. The van der Waals surface area contributed by atoms with Gasteiger partial charge in [0.1, 0.15) is 6.10 Å². The van der Waals surface area contributed by atoms with Crippen LogP contribution in [0.15, 0.2) is 24.3 Å². The quantitative estimate of drug-likeness (QED) is 0.267. The standard InChI is InChI=1S/C21H26O6/c1-3-5-12-25-18(22)11-10-15-8-7-9-16-17(27-21(24)20(15)16)14-19(23)26-13-6-4-2/h7-11,17H,3-6,12-14H2,1-2H3/b11-10+. The van der Waals surface area contributed by atoms with E-state index in [1.165, 1.54) is 12.2 Å². The molecule has 0 aromatic heterocycles. The maximum absolute atomic E-state index is 12.3. The Morgan fingerprint density at radius 2 is 1.81 bits per heavy atom. The third-order valence-corrected chi connectivity index (χ3v) is 4.18. The summed E-state index contributed by atoms with van der Waals surface area (Å²) in [6.45, 7) is 4.76. The molecule has 6 nitrogen and oxygen atoms in total. The normalized spacial score (nSPS) is 15.5. The zero-order valence-electron chi connectivity index (χ0n) is 15.9. The average molecular weight is 374 g/mol. The van der Waals surface area contributed by atoms with Crippen LogP contribution in [0, 0.1) is 0 Å². The van der Waals surface area contributed by atoms with Gasteiger partial charge in [-0.25, -0.2) is 9.59 Å². The number of hydrogen-bond acceptors (Lipinski definition) is 6. The maximum atomic E-state index is 12.3. The summed E-state index contributed by atoms with van der Waals surface area (Å²) >= 11 is 0. The number of cyclic esters (lactones) is 1. The molecule has 6 heteroatoms. The highest BCUT2D eigenvalue weighted by molar-refractivity contribution is 5.99. The summed E-state index contributed by atoms with van der Waals surface area (Å²) in [5.41, 5.74) is 1.57. The molecule has 0 saturated carbocycles. The van der Waals surface area contributed by atoms with E-state index in [2.05, 4.69) is 0 Å². The molecule has 2 rings (SSSR count). The molecule has 0 saturated heterocycles. The van der Waals surface area contributed by atoms with Crippen LogP contribution in [0.1, 0.15) is 73.5 Å². The van der Waals surface area contributed by atoms with Crippen molar-refractivity contribution in [1.29, 1.82) is 0 Å². The number of benzene rings is 1. The van der Waals surface area contributed by atoms with Crippen LogP contribution in [0.25, 0.3) is 6.08 Å². The zero-order chi connectivity index (χ0) is 19.6. The molecule has 1 unspecified atom stereocenters. The van der Waals surface area contributed by atoms with Crippen LogP contribution in [-0.4, -0.2) is 31.1 Å². The Morgan fingerprint density at radius 1 is 1.11 bits per heavy atom. The lowest BCUT2D eigenvalue weighted by Gasteiger charge is -2.10. The fourth-order valence-electron chi connectivity index (χ4n) is 2.70. The van der Waals surface area contributed by atoms with Crippen molar-refractivity contribution in [3.63, 3.8) is 0 Å². The van der Waals surface area contributed by atoms with Gasteiger partial charge in [-0.05, 0) is 24.5 Å². The molecule has 0 amide bonds. The number of esters is 3. The molecule has 146 valence electrons. The van der Waals surface area contributed by atoms with Crippen molar-refractivity contribution >= 4 is 24.0 Å². The molecule has 1 aliphatic heterocycles. The monoisotopic (exact) mass is 374 g/mol. The molecule has 0 N–H and O–H groups in total. The molecule has 1 aromatic rings. The van der Waals surface area contributed by atoms with E-state index in [1.807, 2.05) is 13.8 Å². The van der Waals surface area contributed by atoms with Gasteiger partial charge in [0.15, 0.2) is 0 Å². The predicted octanol–water partition coefficient (Wildman–Crippen LogP) is 3.99. The van der Waals surface area contributed by atoms with Crippen molar-refractivity contribution in [3.05, 3.63) is 41.0 Å².